The fourth-order valence-corrected chi connectivity index (χ4v) is 4.70. The summed E-state index contributed by atoms with van der Waals surface area (Å²) in [6, 6.07) is 17.9. The van der Waals surface area contributed by atoms with Gasteiger partial charge in [-0.3, -0.25) is 9.36 Å². The van der Waals surface area contributed by atoms with E-state index in [1.54, 1.807) is 7.11 Å². The highest BCUT2D eigenvalue weighted by atomic mass is 32.1. The molecule has 0 saturated carbocycles. The van der Waals surface area contributed by atoms with Gasteiger partial charge in [-0.05, 0) is 29.7 Å². The first-order valence-corrected chi connectivity index (χ1v) is 10.1. The molecule has 0 spiro atoms. The van der Waals surface area contributed by atoms with Crippen molar-refractivity contribution in [3.63, 3.8) is 0 Å². The fourth-order valence-electron chi connectivity index (χ4n) is 3.76. The number of methoxy groups -OCH3 is 1. The van der Waals surface area contributed by atoms with Crippen molar-refractivity contribution in [2.24, 2.45) is 0 Å². The van der Waals surface area contributed by atoms with Crippen LogP contribution in [0.1, 0.15) is 17.8 Å². The number of para-hydroxylation sites is 1. The summed E-state index contributed by atoms with van der Waals surface area (Å²) in [5.41, 5.74) is 4.13. The van der Waals surface area contributed by atoms with Crippen LogP contribution < -0.4 is 10.3 Å². The molecule has 0 saturated heterocycles. The first-order valence-electron chi connectivity index (χ1n) is 9.17. The fraction of sp³-hybridized carbons (Fsp3) is 0.130. The van der Waals surface area contributed by atoms with Crippen LogP contribution in [-0.4, -0.2) is 16.7 Å². The van der Waals surface area contributed by atoms with Gasteiger partial charge in [-0.2, -0.15) is 0 Å². The Morgan fingerprint density at radius 3 is 2.71 bits per heavy atom. The summed E-state index contributed by atoms with van der Waals surface area (Å²) in [7, 11) is 1.67. The van der Waals surface area contributed by atoms with Crippen LogP contribution in [0.5, 0.6) is 5.75 Å². The summed E-state index contributed by atoms with van der Waals surface area (Å²) in [4.78, 5) is 18.9. The van der Waals surface area contributed by atoms with E-state index in [0.29, 0.717) is 6.54 Å². The lowest BCUT2D eigenvalue weighted by Gasteiger charge is -2.06. The highest BCUT2D eigenvalue weighted by Crippen LogP contribution is 2.35. The van der Waals surface area contributed by atoms with Crippen LogP contribution in [0.3, 0.4) is 0 Å². The number of hydrogen-bond donors (Lipinski definition) is 0. The van der Waals surface area contributed by atoms with Gasteiger partial charge in [-0.1, -0.05) is 48.5 Å². The first-order chi connectivity index (χ1) is 13.8. The molecular weight excluding hydrogens is 368 g/mol. The van der Waals surface area contributed by atoms with Crippen LogP contribution in [-0.2, 0) is 6.54 Å². The van der Waals surface area contributed by atoms with Crippen molar-refractivity contribution in [1.82, 2.24) is 9.55 Å². The number of nitrogens with zero attached hydrogens (tertiary/aromatic N) is 2. The zero-order valence-electron chi connectivity index (χ0n) is 15.4. The second kappa shape index (κ2) is 6.77. The van der Waals surface area contributed by atoms with E-state index in [1.807, 2.05) is 64.5 Å². The molecule has 0 bridgehead atoms. The number of hydrogen-bond acceptors (Lipinski definition) is 4. The maximum absolute atomic E-state index is 13.3. The molecule has 0 radical (unpaired) electrons. The van der Waals surface area contributed by atoms with Gasteiger partial charge in [0, 0.05) is 23.1 Å². The van der Waals surface area contributed by atoms with E-state index in [4.69, 9.17) is 9.72 Å². The molecule has 4 nitrogen and oxygen atoms in total. The summed E-state index contributed by atoms with van der Waals surface area (Å²) in [5, 5.41) is 2.76. The van der Waals surface area contributed by atoms with Crippen LogP contribution in [0.25, 0.3) is 33.0 Å². The Labute approximate surface area is 166 Å². The van der Waals surface area contributed by atoms with Crippen molar-refractivity contribution in [3.05, 3.63) is 81.7 Å². The number of ether oxygens (including phenoxy) is 1. The summed E-state index contributed by atoms with van der Waals surface area (Å²) in [5.74, 6) is 1.59. The molecule has 3 heterocycles. The molecule has 1 aliphatic heterocycles. The Balaban J connectivity index is 1.67. The van der Waals surface area contributed by atoms with Gasteiger partial charge >= 0.3 is 0 Å². The van der Waals surface area contributed by atoms with Crippen LogP contribution in [0.15, 0.2) is 64.8 Å². The highest BCUT2D eigenvalue weighted by Gasteiger charge is 2.23. The Bertz CT molecular complexity index is 1270. The Hall–Kier alpha value is -3.18. The first kappa shape index (κ1) is 17.0. The lowest BCUT2D eigenvalue weighted by Crippen LogP contribution is -2.20. The minimum atomic E-state index is 0.0449. The van der Waals surface area contributed by atoms with Gasteiger partial charge in [0.15, 0.2) is 0 Å². The van der Waals surface area contributed by atoms with Crippen LogP contribution >= 0.6 is 11.3 Å². The minimum Gasteiger partial charge on any atom is -0.496 e. The van der Waals surface area contributed by atoms with E-state index in [1.165, 1.54) is 11.3 Å². The molecule has 138 valence electrons. The molecule has 2 aromatic heterocycles. The minimum absolute atomic E-state index is 0.0449. The Morgan fingerprint density at radius 1 is 1.11 bits per heavy atom. The number of fused-ring (bicyclic) bond motifs is 2. The molecule has 0 N–H and O–H groups in total. The topological polar surface area (TPSA) is 44.1 Å². The molecule has 5 heteroatoms. The largest absolute Gasteiger partial charge is 0.496 e. The predicted molar refractivity (Wildman–Crippen MR) is 115 cm³/mol. The van der Waals surface area contributed by atoms with Gasteiger partial charge in [-0.15, -0.1) is 11.3 Å². The normalized spacial score (nSPS) is 14.5. The van der Waals surface area contributed by atoms with Gasteiger partial charge in [0.25, 0.3) is 5.56 Å². The standard InChI is InChI=1S/C23H18N2O2S/c1-27-19-10-6-5-9-16(19)13-17-11-12-25-21(17)24-22-20(23(25)26)18(14-28-22)15-7-3-2-4-8-15/h2-10,13-14H,11-12H2,1H3/b17-13-. The number of aromatic nitrogens is 2. The van der Waals surface area contributed by atoms with E-state index in [0.717, 1.165) is 50.5 Å². The van der Waals surface area contributed by atoms with Crippen molar-refractivity contribution in [2.75, 3.05) is 7.11 Å². The van der Waals surface area contributed by atoms with E-state index in [9.17, 15) is 4.79 Å². The van der Waals surface area contributed by atoms with Crippen LogP contribution in [0, 0.1) is 0 Å². The maximum Gasteiger partial charge on any atom is 0.263 e. The van der Waals surface area contributed by atoms with Gasteiger partial charge in [0.05, 0.1) is 12.5 Å². The lowest BCUT2D eigenvalue weighted by molar-refractivity contribution is 0.414. The molecular formula is C23H18N2O2S. The van der Waals surface area contributed by atoms with Crippen molar-refractivity contribution in [2.45, 2.75) is 13.0 Å². The summed E-state index contributed by atoms with van der Waals surface area (Å²) < 4.78 is 7.27. The molecule has 1 aliphatic rings. The highest BCUT2D eigenvalue weighted by molar-refractivity contribution is 7.17. The lowest BCUT2D eigenvalue weighted by atomic mass is 10.1. The van der Waals surface area contributed by atoms with Crippen LogP contribution in [0.4, 0.5) is 0 Å². The molecule has 0 fully saturated rings. The SMILES string of the molecule is COc1ccccc1/C=C1/CCn2c1nc1scc(-c3ccccc3)c1c2=O. The Kier molecular flexibility index (Phi) is 4.10. The predicted octanol–water partition coefficient (Wildman–Crippen LogP) is 5.08. The zero-order valence-corrected chi connectivity index (χ0v) is 16.2. The van der Waals surface area contributed by atoms with Gasteiger partial charge in [0.2, 0.25) is 0 Å². The molecule has 0 atom stereocenters. The van der Waals surface area contributed by atoms with Gasteiger partial charge in [-0.25, -0.2) is 4.98 Å². The van der Waals surface area contributed by atoms with Gasteiger partial charge < -0.3 is 4.74 Å². The summed E-state index contributed by atoms with van der Waals surface area (Å²) in [6.45, 7) is 0.655. The average molecular weight is 386 g/mol. The van der Waals surface area contributed by atoms with Crippen molar-refractivity contribution in [1.29, 1.82) is 0 Å². The number of benzene rings is 2. The molecule has 0 amide bonds. The molecule has 4 aromatic rings. The third kappa shape index (κ3) is 2.67. The third-order valence-corrected chi connectivity index (χ3v) is 6.01. The summed E-state index contributed by atoms with van der Waals surface area (Å²) in [6.07, 6.45) is 2.87. The monoisotopic (exact) mass is 386 g/mol. The van der Waals surface area contributed by atoms with E-state index >= 15 is 0 Å². The quantitative estimate of drug-likeness (QED) is 0.493. The molecule has 0 unspecified atom stereocenters. The molecule has 5 rings (SSSR count). The third-order valence-electron chi connectivity index (χ3n) is 5.14. The van der Waals surface area contributed by atoms with Crippen molar-refractivity contribution in [3.8, 4) is 16.9 Å². The molecule has 2 aromatic carbocycles. The second-order valence-electron chi connectivity index (χ2n) is 6.75. The molecule has 0 aliphatic carbocycles. The van der Waals surface area contributed by atoms with E-state index in [-0.39, 0.29) is 5.56 Å². The smallest absolute Gasteiger partial charge is 0.263 e. The number of thiophene rings is 1. The van der Waals surface area contributed by atoms with E-state index in [2.05, 4.69) is 6.08 Å². The summed E-state index contributed by atoms with van der Waals surface area (Å²) >= 11 is 1.53. The van der Waals surface area contributed by atoms with Crippen LogP contribution in [0.2, 0.25) is 0 Å². The van der Waals surface area contributed by atoms with Crippen molar-refractivity contribution >= 4 is 33.2 Å². The zero-order chi connectivity index (χ0) is 19.1. The second-order valence-corrected chi connectivity index (χ2v) is 7.61. The average Bonchev–Trinajstić information content (AvgIpc) is 3.34. The van der Waals surface area contributed by atoms with Gasteiger partial charge in [0.1, 0.15) is 16.4 Å². The number of rotatable bonds is 3. The maximum atomic E-state index is 13.3. The Morgan fingerprint density at radius 2 is 1.89 bits per heavy atom. The van der Waals surface area contributed by atoms with E-state index < -0.39 is 0 Å². The number of allylic oxidation sites excluding steroid dienone is 1. The van der Waals surface area contributed by atoms with Crippen molar-refractivity contribution < 1.29 is 4.74 Å². The molecule has 28 heavy (non-hydrogen) atoms.